The summed E-state index contributed by atoms with van der Waals surface area (Å²) < 4.78 is 0. The molecule has 160 valence electrons. The van der Waals surface area contributed by atoms with Crippen molar-refractivity contribution in [1.82, 2.24) is 10.2 Å². The van der Waals surface area contributed by atoms with E-state index >= 15 is 0 Å². The normalized spacial score (nSPS) is 28.9. The second-order valence-electron chi connectivity index (χ2n) is 8.55. The van der Waals surface area contributed by atoms with Gasteiger partial charge in [0, 0.05) is 18.2 Å². The Bertz CT molecular complexity index is 1070. The Balaban J connectivity index is 1.62. The number of fused-ring (bicyclic) bond motifs is 4. The lowest BCUT2D eigenvalue weighted by atomic mass is 9.76. The van der Waals surface area contributed by atoms with Gasteiger partial charge in [-0.15, -0.1) is 0 Å². The van der Waals surface area contributed by atoms with E-state index in [2.05, 4.69) is 10.6 Å². The minimum atomic E-state index is -1.29. The lowest BCUT2D eigenvalue weighted by Crippen LogP contribution is -2.53. The number of amides is 3. The first kappa shape index (κ1) is 20.2. The van der Waals surface area contributed by atoms with Gasteiger partial charge in [0.2, 0.25) is 17.7 Å². The number of hydrogen-bond donors (Lipinski definition) is 2. The average molecular weight is 438 g/mol. The Hall–Kier alpha value is -2.70. The number of carbonyl (C=O) groups is 3. The number of anilines is 1. The van der Waals surface area contributed by atoms with Crippen LogP contribution in [0.3, 0.4) is 0 Å². The number of nitrogens with one attached hydrogen (secondary N) is 2. The summed E-state index contributed by atoms with van der Waals surface area (Å²) in [5.41, 5.74) is 0.924. The molecule has 7 heteroatoms. The number of imide groups is 1. The molecule has 3 aliphatic heterocycles. The van der Waals surface area contributed by atoms with Gasteiger partial charge in [0.05, 0.1) is 22.5 Å². The van der Waals surface area contributed by atoms with Crippen LogP contribution < -0.4 is 10.6 Å². The van der Waals surface area contributed by atoms with Crippen molar-refractivity contribution < 1.29 is 14.4 Å². The van der Waals surface area contributed by atoms with Gasteiger partial charge in [-0.1, -0.05) is 67.4 Å². The van der Waals surface area contributed by atoms with Gasteiger partial charge >= 0.3 is 0 Å². The Morgan fingerprint density at radius 1 is 1.03 bits per heavy atom. The number of benzene rings is 2. The van der Waals surface area contributed by atoms with E-state index in [0.29, 0.717) is 29.2 Å². The summed E-state index contributed by atoms with van der Waals surface area (Å²) in [5.74, 6) is -2.16. The smallest absolute Gasteiger partial charge is 0.250 e. The fourth-order valence-corrected chi connectivity index (χ4v) is 5.65. The van der Waals surface area contributed by atoms with Gasteiger partial charge in [0.15, 0.2) is 0 Å². The van der Waals surface area contributed by atoms with E-state index in [-0.39, 0.29) is 23.8 Å². The van der Waals surface area contributed by atoms with E-state index in [4.69, 9.17) is 11.6 Å². The van der Waals surface area contributed by atoms with Crippen LogP contribution in [0.5, 0.6) is 0 Å². The van der Waals surface area contributed by atoms with Crippen LogP contribution in [0.1, 0.15) is 30.9 Å². The SMILES string of the molecule is CCCCN1C(=O)[C@H]2[C@@H](C1=O)[C@]1(N[C@@H]2Cc2ccccc2)C(=O)Nc2c(Cl)cccc21. The van der Waals surface area contributed by atoms with E-state index in [1.54, 1.807) is 12.1 Å². The van der Waals surface area contributed by atoms with Crippen LogP contribution in [-0.2, 0) is 26.3 Å². The fourth-order valence-electron chi connectivity index (χ4n) is 5.43. The number of nitrogens with zero attached hydrogens (tertiary/aromatic N) is 1. The molecule has 5 rings (SSSR count). The summed E-state index contributed by atoms with van der Waals surface area (Å²) in [7, 11) is 0. The molecule has 2 aromatic rings. The molecule has 3 amide bonds. The minimum absolute atomic E-state index is 0.183. The number of rotatable bonds is 5. The molecule has 1 spiro atoms. The highest BCUT2D eigenvalue weighted by molar-refractivity contribution is 6.35. The molecule has 0 saturated carbocycles. The molecular formula is C24H24ClN3O3. The topological polar surface area (TPSA) is 78.5 Å². The van der Waals surface area contributed by atoms with E-state index in [1.165, 1.54) is 4.90 Å². The third kappa shape index (κ3) is 2.85. The first-order chi connectivity index (χ1) is 15.0. The predicted octanol–water partition coefficient (Wildman–Crippen LogP) is 3.10. The summed E-state index contributed by atoms with van der Waals surface area (Å²) in [4.78, 5) is 41.8. The zero-order valence-electron chi connectivity index (χ0n) is 17.2. The molecular weight excluding hydrogens is 414 g/mol. The van der Waals surface area contributed by atoms with Crippen LogP contribution in [0, 0.1) is 11.8 Å². The third-order valence-corrected chi connectivity index (χ3v) is 7.14. The van der Waals surface area contributed by atoms with Gasteiger partial charge in [0.1, 0.15) is 5.54 Å². The van der Waals surface area contributed by atoms with Crippen molar-refractivity contribution in [2.24, 2.45) is 11.8 Å². The summed E-state index contributed by atoms with van der Waals surface area (Å²) in [5, 5.41) is 6.75. The van der Waals surface area contributed by atoms with Crippen molar-refractivity contribution in [2.75, 3.05) is 11.9 Å². The maximum absolute atomic E-state index is 13.6. The maximum atomic E-state index is 13.6. The van der Waals surface area contributed by atoms with E-state index < -0.39 is 17.4 Å². The zero-order chi connectivity index (χ0) is 21.8. The Labute approximate surface area is 185 Å². The minimum Gasteiger partial charge on any atom is -0.323 e. The summed E-state index contributed by atoms with van der Waals surface area (Å²) >= 11 is 6.36. The van der Waals surface area contributed by atoms with Crippen LogP contribution in [-0.4, -0.2) is 35.2 Å². The van der Waals surface area contributed by atoms with Gasteiger partial charge < -0.3 is 5.32 Å². The van der Waals surface area contributed by atoms with Crippen molar-refractivity contribution in [2.45, 2.75) is 37.8 Å². The zero-order valence-corrected chi connectivity index (χ0v) is 18.0. The van der Waals surface area contributed by atoms with E-state index in [0.717, 1.165) is 18.4 Å². The molecule has 3 aliphatic rings. The van der Waals surface area contributed by atoms with Crippen molar-refractivity contribution in [3.8, 4) is 0 Å². The molecule has 0 aliphatic carbocycles. The van der Waals surface area contributed by atoms with Gasteiger partial charge in [-0.05, 0) is 24.5 Å². The molecule has 4 atom stereocenters. The number of hydrogen-bond acceptors (Lipinski definition) is 4. The largest absolute Gasteiger partial charge is 0.323 e. The number of halogens is 1. The maximum Gasteiger partial charge on any atom is 0.250 e. The molecule has 2 N–H and O–H groups in total. The third-order valence-electron chi connectivity index (χ3n) is 6.82. The highest BCUT2D eigenvalue weighted by Gasteiger charge is 2.70. The molecule has 0 unspecified atom stereocenters. The first-order valence-corrected chi connectivity index (χ1v) is 11.1. The molecule has 0 radical (unpaired) electrons. The molecule has 3 heterocycles. The predicted molar refractivity (Wildman–Crippen MR) is 117 cm³/mol. The fraction of sp³-hybridized carbons (Fsp3) is 0.375. The molecule has 2 saturated heterocycles. The molecule has 0 bridgehead atoms. The first-order valence-electron chi connectivity index (χ1n) is 10.8. The second kappa shape index (κ2) is 7.46. The molecule has 2 aromatic carbocycles. The quantitative estimate of drug-likeness (QED) is 0.704. The molecule has 2 fully saturated rings. The van der Waals surface area contributed by atoms with Crippen molar-refractivity contribution in [1.29, 1.82) is 0 Å². The van der Waals surface area contributed by atoms with Crippen LogP contribution in [0.15, 0.2) is 48.5 Å². The monoisotopic (exact) mass is 437 g/mol. The summed E-state index contributed by atoms with van der Waals surface area (Å²) in [6.07, 6.45) is 2.17. The van der Waals surface area contributed by atoms with Gasteiger partial charge in [-0.3, -0.25) is 24.6 Å². The van der Waals surface area contributed by atoms with Gasteiger partial charge in [-0.2, -0.15) is 0 Å². The molecule has 31 heavy (non-hydrogen) atoms. The lowest BCUT2D eigenvalue weighted by Gasteiger charge is -2.29. The van der Waals surface area contributed by atoms with Crippen molar-refractivity contribution in [3.63, 3.8) is 0 Å². The van der Waals surface area contributed by atoms with Crippen LogP contribution >= 0.6 is 11.6 Å². The van der Waals surface area contributed by atoms with Gasteiger partial charge in [0.25, 0.3) is 0 Å². The Morgan fingerprint density at radius 3 is 2.55 bits per heavy atom. The molecule has 0 aromatic heterocycles. The summed E-state index contributed by atoms with van der Waals surface area (Å²) in [6, 6.07) is 14.8. The van der Waals surface area contributed by atoms with E-state index in [9.17, 15) is 14.4 Å². The van der Waals surface area contributed by atoms with Crippen LogP contribution in [0.2, 0.25) is 5.02 Å². The van der Waals surface area contributed by atoms with Crippen LogP contribution in [0.4, 0.5) is 5.69 Å². The number of para-hydroxylation sites is 1. The van der Waals surface area contributed by atoms with Crippen molar-refractivity contribution >= 4 is 35.0 Å². The Kier molecular flexibility index (Phi) is 4.87. The van der Waals surface area contributed by atoms with Crippen LogP contribution in [0.25, 0.3) is 0 Å². The molecule has 6 nitrogen and oxygen atoms in total. The van der Waals surface area contributed by atoms with Gasteiger partial charge in [-0.25, -0.2) is 0 Å². The highest BCUT2D eigenvalue weighted by atomic mass is 35.5. The average Bonchev–Trinajstić information content (AvgIpc) is 3.34. The number of unbranched alkanes of at least 4 members (excludes halogenated alkanes) is 1. The second-order valence-corrected chi connectivity index (χ2v) is 8.96. The lowest BCUT2D eigenvalue weighted by molar-refractivity contribution is -0.142. The Morgan fingerprint density at radius 2 is 1.81 bits per heavy atom. The standard InChI is InChI=1S/C24H24ClN3O3/c1-2-3-12-28-21(29)18-17(13-14-8-5-4-6-9-14)27-24(19(18)22(28)30)15-10-7-11-16(25)20(15)26-23(24)31/h4-11,17-19,27H,2-3,12-13H2,1H3,(H,26,31)/t17-,18-,19+,24+/m1/s1. The highest BCUT2D eigenvalue weighted by Crippen LogP contribution is 2.54. The summed E-state index contributed by atoms with van der Waals surface area (Å²) in [6.45, 7) is 2.41. The number of likely N-dealkylation sites (tertiary alicyclic amines) is 1. The van der Waals surface area contributed by atoms with E-state index in [1.807, 2.05) is 43.3 Å². The number of carbonyl (C=O) groups excluding carboxylic acids is 3. The van der Waals surface area contributed by atoms with Crippen molar-refractivity contribution in [3.05, 3.63) is 64.7 Å².